The van der Waals surface area contributed by atoms with Gasteiger partial charge < -0.3 is 5.32 Å². The van der Waals surface area contributed by atoms with Crippen LogP contribution >= 0.6 is 0 Å². The van der Waals surface area contributed by atoms with E-state index in [0.29, 0.717) is 0 Å². The molecule has 0 unspecified atom stereocenters. The summed E-state index contributed by atoms with van der Waals surface area (Å²) in [6.07, 6.45) is 7.46. The SMILES string of the molecule is C1CC([C@H]2CCCNC2)C1. The first-order valence-electron chi connectivity index (χ1n) is 4.67. The van der Waals surface area contributed by atoms with E-state index in [1.807, 2.05) is 0 Å². The molecule has 0 amide bonds. The van der Waals surface area contributed by atoms with Gasteiger partial charge in [-0.1, -0.05) is 19.3 Å². The quantitative estimate of drug-likeness (QED) is 0.584. The molecule has 58 valence electrons. The Hall–Kier alpha value is -0.0400. The van der Waals surface area contributed by atoms with E-state index in [4.69, 9.17) is 0 Å². The van der Waals surface area contributed by atoms with E-state index in [1.54, 1.807) is 0 Å². The molecule has 0 bridgehead atoms. The van der Waals surface area contributed by atoms with E-state index < -0.39 is 0 Å². The van der Waals surface area contributed by atoms with Gasteiger partial charge in [-0.25, -0.2) is 0 Å². The van der Waals surface area contributed by atoms with Crippen LogP contribution in [0.15, 0.2) is 0 Å². The first-order chi connectivity index (χ1) is 4.97. The zero-order chi connectivity index (χ0) is 6.81. The number of piperidine rings is 1. The third-order valence-electron chi connectivity index (χ3n) is 3.15. The second-order valence-electron chi connectivity index (χ2n) is 3.80. The van der Waals surface area contributed by atoms with Crippen LogP contribution in [-0.2, 0) is 0 Å². The summed E-state index contributed by atoms with van der Waals surface area (Å²) in [6, 6.07) is 0. The van der Waals surface area contributed by atoms with Crippen molar-refractivity contribution in [2.24, 2.45) is 11.8 Å². The van der Waals surface area contributed by atoms with Crippen molar-refractivity contribution < 1.29 is 0 Å². The molecule has 0 aromatic rings. The predicted octanol–water partition coefficient (Wildman–Crippen LogP) is 1.79. The normalized spacial score (nSPS) is 35.4. The largest absolute Gasteiger partial charge is 0.316 e. The summed E-state index contributed by atoms with van der Waals surface area (Å²) >= 11 is 0. The monoisotopic (exact) mass is 139 g/mol. The highest BCUT2D eigenvalue weighted by atomic mass is 14.9. The molecule has 1 aliphatic carbocycles. The van der Waals surface area contributed by atoms with Crippen LogP contribution < -0.4 is 5.32 Å². The molecule has 0 radical (unpaired) electrons. The van der Waals surface area contributed by atoms with Crippen molar-refractivity contribution in [1.82, 2.24) is 5.32 Å². The summed E-state index contributed by atoms with van der Waals surface area (Å²) in [7, 11) is 0. The summed E-state index contributed by atoms with van der Waals surface area (Å²) in [5, 5.41) is 3.48. The summed E-state index contributed by atoms with van der Waals surface area (Å²) in [4.78, 5) is 0. The van der Waals surface area contributed by atoms with Crippen molar-refractivity contribution in [3.05, 3.63) is 0 Å². The summed E-state index contributed by atoms with van der Waals surface area (Å²) in [5.41, 5.74) is 0. The molecule has 2 aliphatic rings. The van der Waals surface area contributed by atoms with Crippen LogP contribution in [0.2, 0.25) is 0 Å². The lowest BCUT2D eigenvalue weighted by molar-refractivity contribution is 0.173. The second kappa shape index (κ2) is 2.91. The predicted molar refractivity (Wildman–Crippen MR) is 42.9 cm³/mol. The van der Waals surface area contributed by atoms with Gasteiger partial charge in [0.05, 0.1) is 0 Å². The van der Waals surface area contributed by atoms with Gasteiger partial charge in [0.1, 0.15) is 0 Å². The van der Waals surface area contributed by atoms with E-state index in [-0.39, 0.29) is 0 Å². The summed E-state index contributed by atoms with van der Waals surface area (Å²) in [5.74, 6) is 2.15. The van der Waals surface area contributed by atoms with E-state index in [0.717, 1.165) is 11.8 Å². The molecule has 1 N–H and O–H groups in total. The number of nitrogens with one attached hydrogen (secondary N) is 1. The topological polar surface area (TPSA) is 12.0 Å². The average Bonchev–Trinajstić information content (AvgIpc) is 1.86. The van der Waals surface area contributed by atoms with Crippen LogP contribution in [0.3, 0.4) is 0 Å². The third-order valence-corrected chi connectivity index (χ3v) is 3.15. The second-order valence-corrected chi connectivity index (χ2v) is 3.80. The maximum atomic E-state index is 3.48. The lowest BCUT2D eigenvalue weighted by Gasteiger charge is -2.36. The van der Waals surface area contributed by atoms with Gasteiger partial charge >= 0.3 is 0 Å². The van der Waals surface area contributed by atoms with Crippen LogP contribution in [-0.4, -0.2) is 13.1 Å². The van der Waals surface area contributed by atoms with Gasteiger partial charge in [0.2, 0.25) is 0 Å². The molecular weight excluding hydrogens is 122 g/mol. The van der Waals surface area contributed by atoms with Crippen LogP contribution in [0.4, 0.5) is 0 Å². The Morgan fingerprint density at radius 2 is 1.70 bits per heavy atom. The fourth-order valence-corrected chi connectivity index (χ4v) is 2.19. The molecule has 1 atom stereocenters. The van der Waals surface area contributed by atoms with Crippen molar-refractivity contribution in [2.45, 2.75) is 32.1 Å². The smallest absolute Gasteiger partial charge is 0.00179 e. The van der Waals surface area contributed by atoms with Crippen LogP contribution in [0, 0.1) is 11.8 Å². The number of hydrogen-bond acceptors (Lipinski definition) is 1. The molecule has 0 aromatic heterocycles. The molecule has 1 heterocycles. The average molecular weight is 139 g/mol. The van der Waals surface area contributed by atoms with Gasteiger partial charge in [-0.15, -0.1) is 0 Å². The van der Waals surface area contributed by atoms with Crippen molar-refractivity contribution in [1.29, 1.82) is 0 Å². The van der Waals surface area contributed by atoms with E-state index >= 15 is 0 Å². The molecule has 2 fully saturated rings. The molecule has 1 heteroatoms. The van der Waals surface area contributed by atoms with Crippen molar-refractivity contribution >= 4 is 0 Å². The minimum Gasteiger partial charge on any atom is -0.316 e. The van der Waals surface area contributed by atoms with Crippen molar-refractivity contribution in [3.63, 3.8) is 0 Å². The van der Waals surface area contributed by atoms with Gasteiger partial charge in [0.25, 0.3) is 0 Å². The van der Waals surface area contributed by atoms with E-state index in [2.05, 4.69) is 5.32 Å². The summed E-state index contributed by atoms with van der Waals surface area (Å²) in [6.45, 7) is 2.58. The lowest BCUT2D eigenvalue weighted by Crippen LogP contribution is -2.36. The molecule has 1 nitrogen and oxygen atoms in total. The molecule has 1 saturated carbocycles. The Bertz CT molecular complexity index is 101. The number of hydrogen-bond donors (Lipinski definition) is 1. The highest BCUT2D eigenvalue weighted by Gasteiger charge is 2.27. The van der Waals surface area contributed by atoms with Crippen LogP contribution in [0.1, 0.15) is 32.1 Å². The standard InChI is InChI=1S/C9H17N/c1-3-8(4-1)9-5-2-6-10-7-9/h8-10H,1-7H2/t9-/m0/s1. The first-order valence-corrected chi connectivity index (χ1v) is 4.67. The Kier molecular flexibility index (Phi) is 1.94. The minimum atomic E-state index is 1.04. The fourth-order valence-electron chi connectivity index (χ4n) is 2.19. The zero-order valence-corrected chi connectivity index (χ0v) is 6.60. The number of rotatable bonds is 1. The van der Waals surface area contributed by atoms with Crippen molar-refractivity contribution in [2.75, 3.05) is 13.1 Å². The van der Waals surface area contributed by atoms with Crippen molar-refractivity contribution in [3.8, 4) is 0 Å². The molecule has 1 saturated heterocycles. The van der Waals surface area contributed by atoms with Crippen LogP contribution in [0.5, 0.6) is 0 Å². The van der Waals surface area contributed by atoms with E-state index in [1.165, 1.54) is 45.2 Å². The van der Waals surface area contributed by atoms with Gasteiger partial charge in [-0.3, -0.25) is 0 Å². The van der Waals surface area contributed by atoms with Crippen LogP contribution in [0.25, 0.3) is 0 Å². The molecular formula is C9H17N. The molecule has 1 aliphatic heterocycles. The lowest BCUT2D eigenvalue weighted by atomic mass is 9.73. The van der Waals surface area contributed by atoms with Gasteiger partial charge in [0.15, 0.2) is 0 Å². The molecule has 0 aromatic carbocycles. The Morgan fingerprint density at radius 3 is 2.20 bits per heavy atom. The van der Waals surface area contributed by atoms with E-state index in [9.17, 15) is 0 Å². The summed E-state index contributed by atoms with van der Waals surface area (Å²) < 4.78 is 0. The molecule has 10 heavy (non-hydrogen) atoms. The van der Waals surface area contributed by atoms with Gasteiger partial charge in [-0.05, 0) is 37.8 Å². The first kappa shape index (κ1) is 6.66. The van der Waals surface area contributed by atoms with Gasteiger partial charge in [0, 0.05) is 0 Å². The maximum Gasteiger partial charge on any atom is -0.00179 e. The maximum absolute atomic E-state index is 3.48. The third kappa shape index (κ3) is 1.20. The Balaban J connectivity index is 1.78. The highest BCUT2D eigenvalue weighted by Crippen LogP contribution is 2.36. The fraction of sp³-hybridized carbons (Fsp3) is 1.00. The molecule has 0 spiro atoms. The Labute approximate surface area is 63.2 Å². The molecule has 2 rings (SSSR count). The van der Waals surface area contributed by atoms with Gasteiger partial charge in [-0.2, -0.15) is 0 Å². The highest BCUT2D eigenvalue weighted by molar-refractivity contribution is 4.81. The minimum absolute atomic E-state index is 1.04. The zero-order valence-electron chi connectivity index (χ0n) is 6.60. The Morgan fingerprint density at radius 1 is 0.900 bits per heavy atom.